The Bertz CT molecular complexity index is 464. The van der Waals surface area contributed by atoms with Gasteiger partial charge in [-0.15, -0.1) is 0 Å². The van der Waals surface area contributed by atoms with Gasteiger partial charge in [-0.05, 0) is 18.9 Å². The number of nitro benzene ring substituents is 1. The molecule has 1 unspecified atom stereocenters. The number of benzene rings is 1. The summed E-state index contributed by atoms with van der Waals surface area (Å²) in [7, 11) is 0. The Kier molecular flexibility index (Phi) is 3.98. The fourth-order valence-corrected chi connectivity index (χ4v) is 2.04. The molecule has 0 aliphatic carbocycles. The van der Waals surface area contributed by atoms with Crippen LogP contribution in [-0.4, -0.2) is 24.2 Å². The third kappa shape index (κ3) is 2.88. The Morgan fingerprint density at radius 3 is 2.94 bits per heavy atom. The molecule has 98 valence electrons. The van der Waals surface area contributed by atoms with Gasteiger partial charge in [0.15, 0.2) is 0 Å². The van der Waals surface area contributed by atoms with Gasteiger partial charge in [-0.1, -0.05) is 11.6 Å². The van der Waals surface area contributed by atoms with Crippen molar-refractivity contribution in [3.63, 3.8) is 0 Å². The van der Waals surface area contributed by atoms with Crippen molar-refractivity contribution in [1.82, 2.24) is 0 Å². The van der Waals surface area contributed by atoms with Crippen LogP contribution >= 0.6 is 11.6 Å². The summed E-state index contributed by atoms with van der Waals surface area (Å²) < 4.78 is 18.5. The lowest BCUT2D eigenvalue weighted by Gasteiger charge is -2.24. The number of nitrogens with zero attached hydrogens (tertiary/aromatic N) is 1. The molecule has 18 heavy (non-hydrogen) atoms. The van der Waals surface area contributed by atoms with Crippen molar-refractivity contribution in [1.29, 1.82) is 0 Å². The standard InChI is InChI=1S/C11H12ClFN2O3/c12-8-4-10(11(15(16)17)5-9(8)13)14-7-2-1-3-18-6-7/h4-5,7,14H,1-3,6H2. The number of nitro groups is 1. The van der Waals surface area contributed by atoms with E-state index in [1.54, 1.807) is 0 Å². The van der Waals surface area contributed by atoms with Gasteiger partial charge in [-0.2, -0.15) is 0 Å². The van der Waals surface area contributed by atoms with E-state index in [9.17, 15) is 14.5 Å². The average molecular weight is 275 g/mol. The van der Waals surface area contributed by atoms with Crippen LogP contribution in [0.4, 0.5) is 15.8 Å². The topological polar surface area (TPSA) is 64.4 Å². The van der Waals surface area contributed by atoms with Gasteiger partial charge in [0, 0.05) is 12.6 Å². The lowest BCUT2D eigenvalue weighted by molar-refractivity contribution is -0.384. The van der Waals surface area contributed by atoms with E-state index in [1.165, 1.54) is 6.07 Å². The molecular formula is C11H12ClFN2O3. The zero-order valence-electron chi connectivity index (χ0n) is 9.49. The third-order valence-corrected chi connectivity index (χ3v) is 3.04. The largest absolute Gasteiger partial charge is 0.379 e. The van der Waals surface area contributed by atoms with Crippen LogP contribution in [0.25, 0.3) is 0 Å². The molecule has 1 aliphatic rings. The normalized spacial score (nSPS) is 19.6. The first-order valence-corrected chi connectivity index (χ1v) is 5.93. The van der Waals surface area contributed by atoms with Crippen LogP contribution in [0, 0.1) is 15.9 Å². The van der Waals surface area contributed by atoms with Gasteiger partial charge >= 0.3 is 0 Å². The molecule has 1 aliphatic heterocycles. The first-order chi connectivity index (χ1) is 8.58. The maximum absolute atomic E-state index is 13.2. The van der Waals surface area contributed by atoms with E-state index in [-0.39, 0.29) is 22.4 Å². The number of nitrogens with one attached hydrogen (secondary N) is 1. The number of ether oxygens (including phenoxy) is 1. The predicted octanol–water partition coefficient (Wildman–Crippen LogP) is 2.98. The molecule has 0 radical (unpaired) electrons. The van der Waals surface area contributed by atoms with E-state index in [4.69, 9.17) is 16.3 Å². The highest BCUT2D eigenvalue weighted by Gasteiger charge is 2.21. The molecule has 0 amide bonds. The Morgan fingerprint density at radius 1 is 1.56 bits per heavy atom. The van der Waals surface area contributed by atoms with Crippen LogP contribution in [0.2, 0.25) is 5.02 Å². The summed E-state index contributed by atoms with van der Waals surface area (Å²) in [4.78, 5) is 10.2. The molecule has 0 saturated carbocycles. The maximum atomic E-state index is 13.2. The zero-order valence-corrected chi connectivity index (χ0v) is 10.2. The summed E-state index contributed by atoms with van der Waals surface area (Å²) >= 11 is 5.64. The highest BCUT2D eigenvalue weighted by Crippen LogP contribution is 2.31. The molecule has 1 saturated heterocycles. The molecule has 1 aromatic carbocycles. The van der Waals surface area contributed by atoms with Gasteiger partial charge in [0.1, 0.15) is 11.5 Å². The second-order valence-electron chi connectivity index (χ2n) is 4.10. The summed E-state index contributed by atoms with van der Waals surface area (Å²) in [6, 6.07) is 2.05. The van der Waals surface area contributed by atoms with Gasteiger partial charge in [0.25, 0.3) is 5.69 Å². The molecule has 1 atom stereocenters. The molecular weight excluding hydrogens is 263 g/mol. The van der Waals surface area contributed by atoms with Crippen LogP contribution in [0.1, 0.15) is 12.8 Å². The van der Waals surface area contributed by atoms with Crippen molar-refractivity contribution in [3.05, 3.63) is 33.1 Å². The van der Waals surface area contributed by atoms with E-state index >= 15 is 0 Å². The highest BCUT2D eigenvalue weighted by atomic mass is 35.5. The minimum atomic E-state index is -0.797. The minimum absolute atomic E-state index is 0.0148. The second kappa shape index (κ2) is 5.49. The van der Waals surface area contributed by atoms with Gasteiger partial charge < -0.3 is 10.1 Å². The Labute approximate surface area is 108 Å². The van der Waals surface area contributed by atoms with Gasteiger partial charge in [0.05, 0.1) is 22.6 Å². The van der Waals surface area contributed by atoms with Crippen LogP contribution in [0.3, 0.4) is 0 Å². The molecule has 0 bridgehead atoms. The smallest absolute Gasteiger partial charge is 0.295 e. The Balaban J connectivity index is 2.24. The van der Waals surface area contributed by atoms with E-state index in [1.807, 2.05) is 0 Å². The van der Waals surface area contributed by atoms with E-state index in [0.29, 0.717) is 13.2 Å². The van der Waals surface area contributed by atoms with Crippen LogP contribution in [-0.2, 0) is 4.74 Å². The van der Waals surface area contributed by atoms with E-state index < -0.39 is 10.7 Å². The lowest BCUT2D eigenvalue weighted by Crippen LogP contribution is -2.30. The number of rotatable bonds is 3. The molecule has 1 fully saturated rings. The summed E-state index contributed by atoms with van der Waals surface area (Å²) in [5.74, 6) is -0.797. The van der Waals surface area contributed by atoms with E-state index in [0.717, 1.165) is 18.9 Å². The first kappa shape index (κ1) is 13.0. The zero-order chi connectivity index (χ0) is 13.1. The van der Waals surface area contributed by atoms with Crippen LogP contribution in [0.15, 0.2) is 12.1 Å². The van der Waals surface area contributed by atoms with Crippen molar-refractivity contribution in [2.24, 2.45) is 0 Å². The van der Waals surface area contributed by atoms with Gasteiger partial charge in [0.2, 0.25) is 0 Å². The van der Waals surface area contributed by atoms with Crippen molar-refractivity contribution >= 4 is 23.0 Å². The lowest BCUT2D eigenvalue weighted by atomic mass is 10.1. The van der Waals surface area contributed by atoms with Crippen molar-refractivity contribution < 1.29 is 14.1 Å². The molecule has 1 heterocycles. The summed E-state index contributed by atoms with van der Waals surface area (Å²) in [5, 5.41) is 13.7. The molecule has 5 nitrogen and oxygen atoms in total. The first-order valence-electron chi connectivity index (χ1n) is 5.55. The molecule has 0 aromatic heterocycles. The highest BCUT2D eigenvalue weighted by molar-refractivity contribution is 6.31. The minimum Gasteiger partial charge on any atom is -0.379 e. The molecule has 0 spiro atoms. The van der Waals surface area contributed by atoms with Crippen molar-refractivity contribution in [2.45, 2.75) is 18.9 Å². The second-order valence-corrected chi connectivity index (χ2v) is 4.51. The molecule has 2 rings (SSSR count). The number of hydrogen-bond donors (Lipinski definition) is 1. The van der Waals surface area contributed by atoms with Crippen LogP contribution in [0.5, 0.6) is 0 Å². The SMILES string of the molecule is O=[N+]([O-])c1cc(F)c(Cl)cc1NC1CCCOC1. The number of halogens is 2. The number of hydrogen-bond acceptors (Lipinski definition) is 4. The Morgan fingerprint density at radius 2 is 2.33 bits per heavy atom. The van der Waals surface area contributed by atoms with E-state index in [2.05, 4.69) is 5.32 Å². The van der Waals surface area contributed by atoms with Gasteiger partial charge in [-0.3, -0.25) is 10.1 Å². The summed E-state index contributed by atoms with van der Waals surface area (Å²) in [6.45, 7) is 1.18. The fourth-order valence-electron chi connectivity index (χ4n) is 1.88. The van der Waals surface area contributed by atoms with Crippen molar-refractivity contribution in [2.75, 3.05) is 18.5 Å². The van der Waals surface area contributed by atoms with Crippen molar-refractivity contribution in [3.8, 4) is 0 Å². The molecule has 1 aromatic rings. The third-order valence-electron chi connectivity index (χ3n) is 2.76. The quantitative estimate of drug-likeness (QED) is 0.680. The maximum Gasteiger partial charge on any atom is 0.295 e. The predicted molar refractivity (Wildman–Crippen MR) is 65.5 cm³/mol. The molecule has 1 N–H and O–H groups in total. The van der Waals surface area contributed by atoms with Gasteiger partial charge in [-0.25, -0.2) is 4.39 Å². The summed E-state index contributed by atoms with van der Waals surface area (Å²) in [6.07, 6.45) is 1.74. The molecule has 7 heteroatoms. The fraction of sp³-hybridized carbons (Fsp3) is 0.455. The van der Waals surface area contributed by atoms with Crippen LogP contribution < -0.4 is 5.32 Å². The summed E-state index contributed by atoms with van der Waals surface area (Å²) in [5.41, 5.74) is -0.0932. The number of anilines is 1. The Hall–Kier alpha value is -1.40. The monoisotopic (exact) mass is 274 g/mol. The average Bonchev–Trinajstić information content (AvgIpc) is 2.34.